The molecule has 0 atom stereocenters. The van der Waals surface area contributed by atoms with Gasteiger partial charge in [-0.1, -0.05) is 30.3 Å². The van der Waals surface area contributed by atoms with E-state index < -0.39 is 0 Å². The van der Waals surface area contributed by atoms with Crippen molar-refractivity contribution in [2.45, 2.75) is 49.6 Å². The van der Waals surface area contributed by atoms with Crippen molar-refractivity contribution in [3.8, 4) is 0 Å². The van der Waals surface area contributed by atoms with Gasteiger partial charge in [-0.2, -0.15) is 0 Å². The van der Waals surface area contributed by atoms with Gasteiger partial charge >= 0.3 is 6.03 Å². The maximum atomic E-state index is 12.8. The molecule has 164 valence electrons. The second-order valence-corrected chi connectivity index (χ2v) is 8.91. The summed E-state index contributed by atoms with van der Waals surface area (Å²) < 4.78 is 0. The van der Waals surface area contributed by atoms with Crippen molar-refractivity contribution < 1.29 is 9.59 Å². The molecular weight excluding hydrogens is 392 g/mol. The fraction of sp³-hybridized carbons (Fsp3) is 0.478. The van der Waals surface area contributed by atoms with Gasteiger partial charge in [-0.3, -0.25) is 14.6 Å². The zero-order valence-electron chi connectivity index (χ0n) is 18.2. The van der Waals surface area contributed by atoms with E-state index in [0.29, 0.717) is 24.5 Å². The van der Waals surface area contributed by atoms with Crippen LogP contribution in [0.15, 0.2) is 42.7 Å². The molecule has 1 aromatic heterocycles. The van der Waals surface area contributed by atoms with E-state index in [1.54, 1.807) is 17.3 Å². The van der Waals surface area contributed by atoms with Crippen LogP contribution in [0.3, 0.4) is 0 Å². The monoisotopic (exact) mass is 422 g/mol. The molecule has 8 heteroatoms. The first-order valence-electron chi connectivity index (χ1n) is 10.8. The summed E-state index contributed by atoms with van der Waals surface area (Å²) in [7, 11) is 4.28. The summed E-state index contributed by atoms with van der Waals surface area (Å²) in [4.78, 5) is 36.4. The van der Waals surface area contributed by atoms with Gasteiger partial charge in [0.25, 0.3) is 0 Å². The normalized spacial score (nSPS) is 25.8. The molecule has 0 radical (unpaired) electrons. The summed E-state index contributed by atoms with van der Waals surface area (Å²) >= 11 is 0. The van der Waals surface area contributed by atoms with E-state index >= 15 is 0 Å². The number of rotatable bonds is 6. The highest BCUT2D eigenvalue weighted by Crippen LogP contribution is 2.46. The van der Waals surface area contributed by atoms with Crippen LogP contribution in [-0.4, -0.2) is 53.0 Å². The molecule has 1 aliphatic heterocycles. The molecule has 3 N–H and O–H groups in total. The van der Waals surface area contributed by atoms with Crippen LogP contribution in [0.2, 0.25) is 0 Å². The Labute approximate surface area is 182 Å². The first-order chi connectivity index (χ1) is 14.8. The van der Waals surface area contributed by atoms with Gasteiger partial charge in [0, 0.05) is 18.4 Å². The molecule has 2 fully saturated rings. The summed E-state index contributed by atoms with van der Waals surface area (Å²) in [5.41, 5.74) is 6.93. The molecule has 1 aromatic carbocycles. The number of urea groups is 1. The lowest BCUT2D eigenvalue weighted by Crippen LogP contribution is -2.54. The third-order valence-corrected chi connectivity index (χ3v) is 6.88. The van der Waals surface area contributed by atoms with E-state index in [-0.39, 0.29) is 29.4 Å². The molecule has 31 heavy (non-hydrogen) atoms. The van der Waals surface area contributed by atoms with Gasteiger partial charge in [-0.05, 0) is 45.3 Å². The number of nitrogens with zero attached hydrogens (tertiary/aromatic N) is 4. The van der Waals surface area contributed by atoms with Gasteiger partial charge in [0.1, 0.15) is 5.82 Å². The number of nitrogens with one attached hydrogen (secondary N) is 1. The molecule has 3 amide bonds. The van der Waals surface area contributed by atoms with Crippen LogP contribution in [0.25, 0.3) is 0 Å². The number of aromatic nitrogens is 2. The van der Waals surface area contributed by atoms with Crippen molar-refractivity contribution in [3.63, 3.8) is 0 Å². The van der Waals surface area contributed by atoms with Gasteiger partial charge in [-0.15, -0.1) is 0 Å². The van der Waals surface area contributed by atoms with Crippen LogP contribution in [0.4, 0.5) is 10.5 Å². The highest BCUT2D eigenvalue weighted by Gasteiger charge is 2.50. The molecule has 2 aliphatic rings. The number of amides is 3. The van der Waals surface area contributed by atoms with Crippen LogP contribution in [-0.2, 0) is 16.8 Å². The highest BCUT2D eigenvalue weighted by molar-refractivity contribution is 5.95. The smallest absolute Gasteiger partial charge is 0.322 e. The predicted molar refractivity (Wildman–Crippen MR) is 118 cm³/mol. The minimum atomic E-state index is -0.379. The Morgan fingerprint density at radius 1 is 1.13 bits per heavy atom. The van der Waals surface area contributed by atoms with Gasteiger partial charge in [-0.25, -0.2) is 14.8 Å². The standard InChI is InChI=1S/C23H30N6O2/c1-28(2)23(17-6-4-3-5-7-17)12-10-22(11-13-23)16-29(21(31)27-22)18-14-25-20(26-15-18)9-8-19(24)30/h3-7,14-15H,8-13,16H2,1-2H3,(H2,24,30)(H,27,31). The zero-order chi connectivity index (χ0) is 22.1. The third kappa shape index (κ3) is 4.12. The molecular formula is C23H30N6O2. The maximum absolute atomic E-state index is 12.8. The quantitative estimate of drug-likeness (QED) is 0.743. The van der Waals surface area contributed by atoms with Crippen molar-refractivity contribution in [1.29, 1.82) is 0 Å². The van der Waals surface area contributed by atoms with E-state index in [1.165, 1.54) is 5.56 Å². The molecule has 8 nitrogen and oxygen atoms in total. The van der Waals surface area contributed by atoms with Crippen molar-refractivity contribution in [1.82, 2.24) is 20.2 Å². The molecule has 0 unspecified atom stereocenters. The van der Waals surface area contributed by atoms with Crippen LogP contribution in [0.5, 0.6) is 0 Å². The van der Waals surface area contributed by atoms with E-state index in [9.17, 15) is 9.59 Å². The predicted octanol–water partition coefficient (Wildman–Crippen LogP) is 2.19. The number of aryl methyl sites for hydroxylation is 1. The summed E-state index contributed by atoms with van der Waals surface area (Å²) in [5, 5.41) is 3.25. The van der Waals surface area contributed by atoms with E-state index in [1.807, 2.05) is 6.07 Å². The molecule has 2 aromatic rings. The minimum absolute atomic E-state index is 0.0180. The Hall–Kier alpha value is -3.00. The Morgan fingerprint density at radius 3 is 2.35 bits per heavy atom. The number of carbonyl (C=O) groups excluding carboxylic acids is 2. The van der Waals surface area contributed by atoms with Crippen molar-refractivity contribution in [2.75, 3.05) is 25.5 Å². The molecule has 2 heterocycles. The van der Waals surface area contributed by atoms with Crippen LogP contribution in [0.1, 0.15) is 43.5 Å². The molecule has 1 saturated heterocycles. The molecule has 1 spiro atoms. The Kier molecular flexibility index (Phi) is 5.66. The number of hydrogen-bond acceptors (Lipinski definition) is 5. The van der Waals surface area contributed by atoms with Gasteiger partial charge in [0.05, 0.1) is 30.2 Å². The largest absolute Gasteiger partial charge is 0.370 e. The number of nitrogens with two attached hydrogens (primary N) is 1. The number of primary amides is 1. The Balaban J connectivity index is 1.46. The van der Waals surface area contributed by atoms with E-state index in [4.69, 9.17) is 5.73 Å². The lowest BCUT2D eigenvalue weighted by molar-refractivity contribution is -0.118. The lowest BCUT2D eigenvalue weighted by Gasteiger charge is -2.48. The van der Waals surface area contributed by atoms with Gasteiger partial charge in [0.15, 0.2) is 0 Å². The third-order valence-electron chi connectivity index (χ3n) is 6.88. The van der Waals surface area contributed by atoms with Gasteiger partial charge < -0.3 is 11.1 Å². The summed E-state index contributed by atoms with van der Waals surface area (Å²) in [6.45, 7) is 0.605. The van der Waals surface area contributed by atoms with E-state index in [0.717, 1.165) is 25.7 Å². The van der Waals surface area contributed by atoms with E-state index in [2.05, 4.69) is 58.5 Å². The SMILES string of the molecule is CN(C)C1(c2ccccc2)CCC2(CC1)CN(c1cnc(CCC(N)=O)nc1)C(=O)N2. The van der Waals surface area contributed by atoms with Crippen LogP contribution < -0.4 is 16.0 Å². The van der Waals surface area contributed by atoms with Crippen molar-refractivity contribution in [3.05, 3.63) is 54.1 Å². The summed E-state index contributed by atoms with van der Waals surface area (Å²) in [6.07, 6.45) is 7.67. The number of hydrogen-bond donors (Lipinski definition) is 2. The fourth-order valence-electron chi connectivity index (χ4n) is 4.94. The molecule has 1 saturated carbocycles. The fourth-order valence-corrected chi connectivity index (χ4v) is 4.94. The van der Waals surface area contributed by atoms with Crippen LogP contribution >= 0.6 is 0 Å². The number of carbonyl (C=O) groups is 2. The lowest BCUT2D eigenvalue weighted by atomic mass is 9.69. The minimum Gasteiger partial charge on any atom is -0.370 e. The number of anilines is 1. The van der Waals surface area contributed by atoms with Crippen LogP contribution in [0, 0.1) is 0 Å². The average molecular weight is 423 g/mol. The summed E-state index contributed by atoms with van der Waals surface area (Å²) in [5.74, 6) is 0.170. The van der Waals surface area contributed by atoms with Gasteiger partial charge in [0.2, 0.25) is 5.91 Å². The molecule has 4 rings (SSSR count). The first-order valence-corrected chi connectivity index (χ1v) is 10.8. The first kappa shape index (κ1) is 21.2. The Morgan fingerprint density at radius 2 is 1.77 bits per heavy atom. The highest BCUT2D eigenvalue weighted by atomic mass is 16.2. The van der Waals surface area contributed by atoms with Crippen molar-refractivity contribution in [2.24, 2.45) is 5.73 Å². The molecule has 1 aliphatic carbocycles. The second kappa shape index (κ2) is 8.26. The maximum Gasteiger partial charge on any atom is 0.322 e. The zero-order valence-corrected chi connectivity index (χ0v) is 18.2. The molecule has 0 bridgehead atoms. The Bertz CT molecular complexity index is 936. The average Bonchev–Trinajstić information content (AvgIpc) is 3.09. The van der Waals surface area contributed by atoms with Crippen molar-refractivity contribution >= 4 is 17.6 Å². The number of benzene rings is 1. The summed E-state index contributed by atoms with van der Waals surface area (Å²) in [6, 6.07) is 10.5. The second-order valence-electron chi connectivity index (χ2n) is 8.91. The topological polar surface area (TPSA) is 104 Å².